The van der Waals surface area contributed by atoms with Crippen molar-refractivity contribution < 1.29 is 47.6 Å². The molecule has 29 heavy (non-hydrogen) atoms. The zero-order valence-electron chi connectivity index (χ0n) is 19.7. The van der Waals surface area contributed by atoms with Crippen LogP contribution < -0.4 is 29.6 Å². The van der Waals surface area contributed by atoms with Crippen LogP contribution in [0.4, 0.5) is 0 Å². The molecule has 0 heterocycles. The van der Waals surface area contributed by atoms with Crippen LogP contribution in [-0.2, 0) is 10.1 Å². The Hall–Kier alpha value is 0.870. The van der Waals surface area contributed by atoms with E-state index in [4.69, 9.17) is 0 Å². The smallest absolute Gasteiger partial charge is 0.748 e. The van der Waals surface area contributed by atoms with Crippen LogP contribution in [0, 0.1) is 0 Å². The van der Waals surface area contributed by atoms with Gasteiger partial charge in [-0.1, -0.05) is 110 Å². The van der Waals surface area contributed by atoms with Crippen molar-refractivity contribution in [1.29, 1.82) is 0 Å². The Bertz CT molecular complexity index is 427. The first-order chi connectivity index (χ1) is 13.4. The van der Waals surface area contributed by atoms with Gasteiger partial charge >= 0.3 is 29.6 Å². The Morgan fingerprint density at radius 2 is 0.966 bits per heavy atom. The zero-order valence-corrected chi connectivity index (χ0v) is 22.5. The maximum absolute atomic E-state index is 11.4. The third-order valence-corrected chi connectivity index (χ3v) is 6.97. The number of rotatable bonds is 21. The fraction of sp³-hybridized carbons (Fsp3) is 1.00. The van der Waals surface area contributed by atoms with E-state index in [0.717, 1.165) is 51.4 Å². The number of unbranched alkanes of at least 4 members (excludes halogenated alkanes) is 14. The molecule has 2 atom stereocenters. The molecule has 0 aliphatic heterocycles. The van der Waals surface area contributed by atoms with E-state index in [1.807, 2.05) is 6.92 Å². The quantitative estimate of drug-likeness (QED) is 0.167. The summed E-state index contributed by atoms with van der Waals surface area (Å²) < 4.78 is 34.3. The van der Waals surface area contributed by atoms with Crippen molar-refractivity contribution in [2.24, 2.45) is 0 Å². The summed E-state index contributed by atoms with van der Waals surface area (Å²) in [5.74, 6) is 0. The van der Waals surface area contributed by atoms with E-state index >= 15 is 0 Å². The number of aliphatic hydroxyl groups is 1. The molecule has 6 heteroatoms. The van der Waals surface area contributed by atoms with Crippen LogP contribution in [0.25, 0.3) is 0 Å². The van der Waals surface area contributed by atoms with Crippen LogP contribution in [-0.4, -0.2) is 29.4 Å². The molecule has 0 aliphatic rings. The molecule has 0 saturated carbocycles. The average Bonchev–Trinajstić information content (AvgIpc) is 2.62. The van der Waals surface area contributed by atoms with Crippen LogP contribution in [0.5, 0.6) is 0 Å². The summed E-state index contributed by atoms with van der Waals surface area (Å²) in [6, 6.07) is 0. The number of hydrogen-bond acceptors (Lipinski definition) is 4. The topological polar surface area (TPSA) is 77.4 Å². The van der Waals surface area contributed by atoms with Crippen molar-refractivity contribution in [3.05, 3.63) is 0 Å². The largest absolute Gasteiger partial charge is 1.00 e. The standard InChI is InChI=1S/C23H48O4S.Na/c1-3-4-5-13-17-20-23(28(25,26)27)21-18-15-12-10-8-6-7-9-11-14-16-19-22(2)24;/h22-24H,3-21H2,1-2H3,(H,25,26,27);/q;+1/p-1. The molecule has 1 N–H and O–H groups in total. The van der Waals surface area contributed by atoms with Gasteiger partial charge in [0, 0.05) is 5.25 Å². The van der Waals surface area contributed by atoms with Gasteiger partial charge in [0.15, 0.2) is 0 Å². The van der Waals surface area contributed by atoms with Crippen molar-refractivity contribution in [2.45, 2.75) is 147 Å². The van der Waals surface area contributed by atoms with Gasteiger partial charge in [-0.3, -0.25) is 0 Å². The summed E-state index contributed by atoms with van der Waals surface area (Å²) in [4.78, 5) is 0. The SMILES string of the molecule is CCCCCCCC(CCCCCCCCCCCCCC(C)O)S(=O)(=O)[O-].[Na+]. The molecule has 4 nitrogen and oxygen atoms in total. The van der Waals surface area contributed by atoms with Crippen LogP contribution in [0.1, 0.15) is 136 Å². The minimum Gasteiger partial charge on any atom is -0.748 e. The molecule has 0 aromatic heterocycles. The Morgan fingerprint density at radius 3 is 1.28 bits per heavy atom. The molecule has 0 spiro atoms. The normalized spacial score (nSPS) is 13.8. The van der Waals surface area contributed by atoms with Crippen molar-refractivity contribution in [2.75, 3.05) is 0 Å². The van der Waals surface area contributed by atoms with Gasteiger partial charge in [-0.25, -0.2) is 8.42 Å². The maximum atomic E-state index is 11.4. The van der Waals surface area contributed by atoms with E-state index in [1.165, 1.54) is 57.8 Å². The molecule has 170 valence electrons. The molecular formula is C23H47NaO4S. The van der Waals surface area contributed by atoms with Gasteiger partial charge in [-0.2, -0.15) is 0 Å². The molecule has 0 fully saturated rings. The summed E-state index contributed by atoms with van der Waals surface area (Å²) in [5.41, 5.74) is 0. The van der Waals surface area contributed by atoms with Crippen molar-refractivity contribution in [3.63, 3.8) is 0 Å². The molecule has 2 unspecified atom stereocenters. The Kier molecular flexibility index (Phi) is 24.4. The van der Waals surface area contributed by atoms with E-state index in [2.05, 4.69) is 6.92 Å². The first-order valence-corrected chi connectivity index (χ1v) is 13.5. The van der Waals surface area contributed by atoms with Crippen molar-refractivity contribution in [3.8, 4) is 0 Å². The number of aliphatic hydroxyl groups excluding tert-OH is 1. The first kappa shape index (κ1) is 32.1. The van der Waals surface area contributed by atoms with E-state index < -0.39 is 15.4 Å². The molecule has 0 saturated heterocycles. The molecule has 0 aromatic carbocycles. The third kappa shape index (κ3) is 23.4. The van der Waals surface area contributed by atoms with Gasteiger partial charge < -0.3 is 9.66 Å². The van der Waals surface area contributed by atoms with Crippen molar-refractivity contribution in [1.82, 2.24) is 0 Å². The van der Waals surface area contributed by atoms with Gasteiger partial charge in [0.1, 0.15) is 0 Å². The summed E-state index contributed by atoms with van der Waals surface area (Å²) in [5, 5.41) is 8.54. The first-order valence-electron chi connectivity index (χ1n) is 12.0. The molecule has 0 radical (unpaired) electrons. The van der Waals surface area contributed by atoms with Crippen LogP contribution in [0.15, 0.2) is 0 Å². The minimum atomic E-state index is -4.14. The Morgan fingerprint density at radius 1 is 0.655 bits per heavy atom. The Labute approximate surface area is 204 Å². The summed E-state index contributed by atoms with van der Waals surface area (Å²) in [6.07, 6.45) is 20.3. The molecule has 0 aromatic rings. The van der Waals surface area contributed by atoms with Gasteiger partial charge in [-0.15, -0.1) is 0 Å². The Balaban J connectivity index is 0. The zero-order chi connectivity index (χ0) is 21.1. The second-order valence-electron chi connectivity index (χ2n) is 8.63. The second kappa shape index (κ2) is 22.1. The summed E-state index contributed by atoms with van der Waals surface area (Å²) >= 11 is 0. The van der Waals surface area contributed by atoms with Gasteiger partial charge in [0.2, 0.25) is 0 Å². The predicted octanol–water partition coefficient (Wildman–Crippen LogP) is 3.72. The van der Waals surface area contributed by atoms with Gasteiger partial charge in [0.05, 0.1) is 16.2 Å². The van der Waals surface area contributed by atoms with E-state index in [0.29, 0.717) is 12.8 Å². The van der Waals surface area contributed by atoms with Crippen LogP contribution in [0.3, 0.4) is 0 Å². The second-order valence-corrected chi connectivity index (χ2v) is 10.3. The summed E-state index contributed by atoms with van der Waals surface area (Å²) in [7, 11) is -4.14. The maximum Gasteiger partial charge on any atom is 1.00 e. The molecule has 0 rings (SSSR count). The minimum absolute atomic E-state index is 0. The predicted molar refractivity (Wildman–Crippen MR) is 119 cm³/mol. The molecule has 0 amide bonds. The van der Waals surface area contributed by atoms with E-state index in [9.17, 15) is 18.1 Å². The number of hydrogen-bond donors (Lipinski definition) is 1. The van der Waals surface area contributed by atoms with E-state index in [1.54, 1.807) is 0 Å². The fourth-order valence-electron chi connectivity index (χ4n) is 3.81. The van der Waals surface area contributed by atoms with E-state index in [-0.39, 0.29) is 35.7 Å². The van der Waals surface area contributed by atoms with Crippen LogP contribution >= 0.6 is 0 Å². The average molecular weight is 443 g/mol. The fourth-order valence-corrected chi connectivity index (χ4v) is 4.72. The molecular weight excluding hydrogens is 395 g/mol. The molecule has 0 bridgehead atoms. The summed E-state index contributed by atoms with van der Waals surface area (Å²) in [6.45, 7) is 4.01. The van der Waals surface area contributed by atoms with Gasteiger partial charge in [-0.05, 0) is 26.2 Å². The molecule has 0 aliphatic carbocycles. The monoisotopic (exact) mass is 442 g/mol. The van der Waals surface area contributed by atoms with Gasteiger partial charge in [0.25, 0.3) is 0 Å². The van der Waals surface area contributed by atoms with Crippen LogP contribution in [0.2, 0.25) is 0 Å². The van der Waals surface area contributed by atoms with Crippen molar-refractivity contribution >= 4 is 10.1 Å². The third-order valence-electron chi connectivity index (χ3n) is 5.69.